The molecular weight excluding hydrogens is 366 g/mol. The van der Waals surface area contributed by atoms with E-state index in [4.69, 9.17) is 16.6 Å². The first kappa shape index (κ1) is 18.5. The smallest absolute Gasteiger partial charge is 0.145 e. The molecule has 0 atom stereocenters. The maximum atomic E-state index is 10.0. The van der Waals surface area contributed by atoms with E-state index in [2.05, 4.69) is 23.5 Å². The van der Waals surface area contributed by atoms with Crippen molar-refractivity contribution in [3.63, 3.8) is 0 Å². The predicted molar refractivity (Wildman–Crippen MR) is 114 cm³/mol. The first-order valence-corrected chi connectivity index (χ1v) is 10.1. The van der Waals surface area contributed by atoms with E-state index in [1.54, 1.807) is 0 Å². The fraction of sp³-hybridized carbons (Fsp3) is 0.250. The highest BCUT2D eigenvalue weighted by molar-refractivity contribution is 6.30. The molecule has 1 aliphatic rings. The lowest BCUT2D eigenvalue weighted by molar-refractivity contribution is 0.709. The molecule has 1 aliphatic carbocycles. The molecule has 2 aromatic carbocycles. The van der Waals surface area contributed by atoms with Crippen LogP contribution in [0.3, 0.4) is 0 Å². The number of rotatable bonds is 4. The summed E-state index contributed by atoms with van der Waals surface area (Å²) in [6, 6.07) is 20.4. The molecule has 0 unspecified atom stereocenters. The van der Waals surface area contributed by atoms with Crippen LogP contribution in [0.15, 0.2) is 54.6 Å². The minimum absolute atomic E-state index is 0.624. The third-order valence-corrected chi connectivity index (χ3v) is 5.52. The molecule has 3 nitrogen and oxygen atoms in total. The van der Waals surface area contributed by atoms with Crippen LogP contribution in [0.2, 0.25) is 5.02 Å². The maximum Gasteiger partial charge on any atom is 0.145 e. The molecule has 140 valence electrons. The van der Waals surface area contributed by atoms with Crippen LogP contribution < -0.4 is 5.32 Å². The standard InChI is InChI=1S/C24H22ClN3/c25-19-13-11-18(12-14-19)23-20-9-5-2-6-10-22(20)28-24(21(23)15-26)27-16-17-7-3-1-4-8-17/h1,3-4,7-8,11-14H,2,5-6,9-10,16H2,(H,27,28). The second-order valence-electron chi connectivity index (χ2n) is 7.15. The van der Waals surface area contributed by atoms with E-state index < -0.39 is 0 Å². The summed E-state index contributed by atoms with van der Waals surface area (Å²) >= 11 is 6.10. The SMILES string of the molecule is N#Cc1c(NCc2ccccc2)nc2c(c1-c1ccc(Cl)cc1)CCCCC2. The van der Waals surface area contributed by atoms with Crippen molar-refractivity contribution in [3.05, 3.63) is 82.0 Å². The molecule has 1 N–H and O–H groups in total. The molecule has 0 aliphatic heterocycles. The summed E-state index contributed by atoms with van der Waals surface area (Å²) in [5.74, 6) is 0.678. The summed E-state index contributed by atoms with van der Waals surface area (Å²) in [6.07, 6.45) is 5.40. The number of nitrogens with one attached hydrogen (secondary N) is 1. The van der Waals surface area contributed by atoms with Gasteiger partial charge in [0.25, 0.3) is 0 Å². The Bertz CT molecular complexity index is 1000. The summed E-state index contributed by atoms with van der Waals surface area (Å²) in [4.78, 5) is 4.90. The van der Waals surface area contributed by atoms with Crippen molar-refractivity contribution in [3.8, 4) is 17.2 Å². The van der Waals surface area contributed by atoms with Gasteiger partial charge in [0.1, 0.15) is 17.5 Å². The minimum atomic E-state index is 0.624. The van der Waals surface area contributed by atoms with Crippen molar-refractivity contribution in [2.24, 2.45) is 0 Å². The molecule has 1 heterocycles. The lowest BCUT2D eigenvalue weighted by Gasteiger charge is -2.18. The van der Waals surface area contributed by atoms with Crippen molar-refractivity contribution in [1.29, 1.82) is 5.26 Å². The van der Waals surface area contributed by atoms with E-state index in [1.807, 2.05) is 42.5 Å². The number of anilines is 1. The molecule has 1 aromatic heterocycles. The van der Waals surface area contributed by atoms with E-state index in [0.717, 1.165) is 48.1 Å². The van der Waals surface area contributed by atoms with Gasteiger partial charge in [0, 0.05) is 22.8 Å². The Balaban J connectivity index is 1.82. The van der Waals surface area contributed by atoms with Gasteiger partial charge >= 0.3 is 0 Å². The van der Waals surface area contributed by atoms with Gasteiger partial charge in [-0.1, -0.05) is 60.5 Å². The third kappa shape index (κ3) is 3.88. The quantitative estimate of drug-likeness (QED) is 0.546. The largest absolute Gasteiger partial charge is 0.365 e. The van der Waals surface area contributed by atoms with Gasteiger partial charge in [-0.25, -0.2) is 4.98 Å². The zero-order valence-corrected chi connectivity index (χ0v) is 16.5. The average molecular weight is 388 g/mol. The van der Waals surface area contributed by atoms with E-state index in [-0.39, 0.29) is 0 Å². The predicted octanol–water partition coefficient (Wildman–Crippen LogP) is 6.15. The normalized spacial score (nSPS) is 13.3. The molecule has 28 heavy (non-hydrogen) atoms. The van der Waals surface area contributed by atoms with E-state index in [0.29, 0.717) is 22.9 Å². The average Bonchev–Trinajstić information content (AvgIpc) is 2.98. The van der Waals surface area contributed by atoms with Crippen molar-refractivity contribution in [1.82, 2.24) is 4.98 Å². The molecule has 0 saturated heterocycles. The van der Waals surface area contributed by atoms with Crippen LogP contribution in [0, 0.1) is 11.3 Å². The first-order valence-electron chi connectivity index (χ1n) is 9.76. The van der Waals surface area contributed by atoms with Crippen LogP contribution in [0.4, 0.5) is 5.82 Å². The Morgan fingerprint density at radius 1 is 0.964 bits per heavy atom. The van der Waals surface area contributed by atoms with Crippen LogP contribution in [0.1, 0.15) is 41.6 Å². The zero-order valence-electron chi connectivity index (χ0n) is 15.7. The molecule has 0 amide bonds. The van der Waals surface area contributed by atoms with Crippen molar-refractivity contribution in [2.45, 2.75) is 38.6 Å². The summed E-state index contributed by atoms with van der Waals surface area (Å²) < 4.78 is 0. The van der Waals surface area contributed by atoms with Gasteiger partial charge in [-0.15, -0.1) is 0 Å². The third-order valence-electron chi connectivity index (χ3n) is 5.27. The van der Waals surface area contributed by atoms with Gasteiger partial charge in [0.2, 0.25) is 0 Å². The highest BCUT2D eigenvalue weighted by Crippen LogP contribution is 2.36. The molecule has 3 aromatic rings. The van der Waals surface area contributed by atoms with E-state index in [9.17, 15) is 5.26 Å². The number of hydrogen-bond acceptors (Lipinski definition) is 3. The number of benzene rings is 2. The number of nitrogens with zero attached hydrogens (tertiary/aromatic N) is 2. The Hall–Kier alpha value is -2.83. The van der Waals surface area contributed by atoms with Gasteiger partial charge in [-0.2, -0.15) is 5.26 Å². The van der Waals surface area contributed by atoms with Crippen molar-refractivity contribution >= 4 is 17.4 Å². The van der Waals surface area contributed by atoms with E-state index >= 15 is 0 Å². The van der Waals surface area contributed by atoms with Gasteiger partial charge in [-0.3, -0.25) is 0 Å². The highest BCUT2D eigenvalue weighted by atomic mass is 35.5. The fourth-order valence-corrected chi connectivity index (χ4v) is 4.00. The van der Waals surface area contributed by atoms with Crippen LogP contribution >= 0.6 is 11.6 Å². The zero-order chi connectivity index (χ0) is 19.3. The summed E-state index contributed by atoms with van der Waals surface area (Å²) in [5, 5.41) is 14.1. The number of nitriles is 1. The lowest BCUT2D eigenvalue weighted by atomic mass is 9.91. The summed E-state index contributed by atoms with van der Waals surface area (Å²) in [5.41, 5.74) is 6.18. The molecule has 4 rings (SSSR count). The molecule has 0 fully saturated rings. The Morgan fingerprint density at radius 3 is 2.46 bits per heavy atom. The molecule has 0 spiro atoms. The minimum Gasteiger partial charge on any atom is -0.365 e. The molecular formula is C24H22ClN3. The van der Waals surface area contributed by atoms with Crippen LogP contribution in [0.25, 0.3) is 11.1 Å². The van der Waals surface area contributed by atoms with Gasteiger partial charge < -0.3 is 5.32 Å². The second kappa shape index (κ2) is 8.46. The number of hydrogen-bond donors (Lipinski definition) is 1. The molecule has 0 saturated carbocycles. The van der Waals surface area contributed by atoms with Crippen LogP contribution in [-0.2, 0) is 19.4 Å². The van der Waals surface area contributed by atoms with Crippen LogP contribution in [-0.4, -0.2) is 4.98 Å². The number of fused-ring (bicyclic) bond motifs is 1. The topological polar surface area (TPSA) is 48.7 Å². The fourth-order valence-electron chi connectivity index (χ4n) is 3.87. The Labute approximate surface area is 171 Å². The number of aryl methyl sites for hydroxylation is 1. The van der Waals surface area contributed by atoms with Crippen molar-refractivity contribution < 1.29 is 0 Å². The monoisotopic (exact) mass is 387 g/mol. The molecule has 0 bridgehead atoms. The molecule has 4 heteroatoms. The maximum absolute atomic E-state index is 10.0. The van der Waals surface area contributed by atoms with Crippen LogP contribution in [0.5, 0.6) is 0 Å². The first-order chi connectivity index (χ1) is 13.8. The Kier molecular flexibility index (Phi) is 5.60. The number of pyridine rings is 1. The summed E-state index contributed by atoms with van der Waals surface area (Å²) in [6.45, 7) is 0.640. The highest BCUT2D eigenvalue weighted by Gasteiger charge is 2.22. The van der Waals surface area contributed by atoms with Gasteiger partial charge in [-0.05, 0) is 54.5 Å². The second-order valence-corrected chi connectivity index (χ2v) is 7.59. The summed E-state index contributed by atoms with van der Waals surface area (Å²) in [7, 11) is 0. The number of halogens is 1. The Morgan fingerprint density at radius 2 is 1.71 bits per heavy atom. The van der Waals surface area contributed by atoms with Gasteiger partial charge in [0.15, 0.2) is 0 Å². The van der Waals surface area contributed by atoms with Crippen molar-refractivity contribution in [2.75, 3.05) is 5.32 Å². The lowest BCUT2D eigenvalue weighted by Crippen LogP contribution is -2.10. The van der Waals surface area contributed by atoms with Gasteiger partial charge in [0.05, 0.1) is 0 Å². The number of aromatic nitrogens is 1. The van der Waals surface area contributed by atoms with E-state index in [1.165, 1.54) is 12.0 Å². The molecule has 0 radical (unpaired) electrons.